The Balaban J connectivity index is 2.13. The summed E-state index contributed by atoms with van der Waals surface area (Å²) in [5, 5.41) is 0. The number of ether oxygens (including phenoxy) is 1. The van der Waals surface area contributed by atoms with Gasteiger partial charge in [0.15, 0.2) is 0 Å². The van der Waals surface area contributed by atoms with Crippen LogP contribution in [0.25, 0.3) is 0 Å². The molecule has 0 saturated heterocycles. The molecule has 1 aliphatic carbocycles. The highest BCUT2D eigenvalue weighted by atomic mass is 19.1. The van der Waals surface area contributed by atoms with E-state index in [4.69, 9.17) is 10.5 Å². The molecule has 0 heterocycles. The van der Waals surface area contributed by atoms with Crippen LogP contribution in [0, 0.1) is 23.6 Å². The molecule has 106 valence electrons. The number of rotatable bonds is 3. The third-order valence-electron chi connectivity index (χ3n) is 4.14. The van der Waals surface area contributed by atoms with Gasteiger partial charge >= 0.3 is 0 Å². The topological polar surface area (TPSA) is 35.2 Å². The van der Waals surface area contributed by atoms with E-state index >= 15 is 0 Å². The monoisotopic (exact) mass is 265 g/mol. The quantitative estimate of drug-likeness (QED) is 0.829. The second-order valence-electron chi connectivity index (χ2n) is 6.20. The van der Waals surface area contributed by atoms with E-state index in [1.54, 1.807) is 6.07 Å². The van der Waals surface area contributed by atoms with E-state index in [1.165, 1.54) is 25.0 Å². The average Bonchev–Trinajstić information content (AvgIpc) is 2.26. The smallest absolute Gasteiger partial charge is 0.128 e. The molecule has 3 unspecified atom stereocenters. The van der Waals surface area contributed by atoms with Crippen molar-refractivity contribution in [1.29, 1.82) is 0 Å². The van der Waals surface area contributed by atoms with E-state index in [9.17, 15) is 4.39 Å². The third-order valence-corrected chi connectivity index (χ3v) is 4.14. The summed E-state index contributed by atoms with van der Waals surface area (Å²) in [6.45, 7) is 6.72. The van der Waals surface area contributed by atoms with Gasteiger partial charge in [-0.2, -0.15) is 0 Å². The summed E-state index contributed by atoms with van der Waals surface area (Å²) in [6.07, 6.45) is 3.66. The maximum absolute atomic E-state index is 13.4. The number of nitrogens with two attached hydrogens (primary N) is 1. The summed E-state index contributed by atoms with van der Waals surface area (Å²) in [6, 6.07) is 4.45. The fourth-order valence-corrected chi connectivity index (χ4v) is 3.08. The first kappa shape index (κ1) is 14.2. The molecule has 0 bridgehead atoms. The SMILES string of the molecule is CC1CCC(C(C)C)C(Oc2cc(N)cc(F)c2)C1. The van der Waals surface area contributed by atoms with Gasteiger partial charge in [0.25, 0.3) is 0 Å². The summed E-state index contributed by atoms with van der Waals surface area (Å²) in [4.78, 5) is 0. The van der Waals surface area contributed by atoms with Crippen molar-refractivity contribution in [2.45, 2.75) is 46.1 Å². The lowest BCUT2D eigenvalue weighted by atomic mass is 9.75. The summed E-state index contributed by atoms with van der Waals surface area (Å²) in [5.41, 5.74) is 6.08. The van der Waals surface area contributed by atoms with Crippen LogP contribution in [0.5, 0.6) is 5.75 Å². The fourth-order valence-electron chi connectivity index (χ4n) is 3.08. The van der Waals surface area contributed by atoms with Crippen LogP contribution in [0.1, 0.15) is 40.0 Å². The number of benzene rings is 1. The second-order valence-corrected chi connectivity index (χ2v) is 6.20. The van der Waals surface area contributed by atoms with Crippen LogP contribution in [0.15, 0.2) is 18.2 Å². The molecule has 1 aromatic rings. The highest BCUT2D eigenvalue weighted by Crippen LogP contribution is 2.36. The standard InChI is InChI=1S/C16H24FNO/c1-10(2)15-5-4-11(3)6-16(15)19-14-8-12(17)7-13(18)9-14/h7-11,15-16H,4-6,18H2,1-3H3. The van der Waals surface area contributed by atoms with Crippen LogP contribution in [0.4, 0.5) is 10.1 Å². The van der Waals surface area contributed by atoms with Gasteiger partial charge in [-0.05, 0) is 36.7 Å². The van der Waals surface area contributed by atoms with Crippen molar-refractivity contribution in [1.82, 2.24) is 0 Å². The zero-order valence-electron chi connectivity index (χ0n) is 12.0. The van der Waals surface area contributed by atoms with E-state index in [0.717, 1.165) is 6.42 Å². The van der Waals surface area contributed by atoms with E-state index < -0.39 is 0 Å². The number of hydrogen-bond donors (Lipinski definition) is 1. The summed E-state index contributed by atoms with van der Waals surface area (Å²) >= 11 is 0. The Bertz CT molecular complexity index is 413. The molecule has 0 amide bonds. The molecule has 2 N–H and O–H groups in total. The highest BCUT2D eigenvalue weighted by Gasteiger charge is 2.32. The molecule has 2 rings (SSSR count). The highest BCUT2D eigenvalue weighted by molar-refractivity contribution is 5.44. The van der Waals surface area contributed by atoms with Crippen molar-refractivity contribution in [3.63, 3.8) is 0 Å². The first-order valence-electron chi connectivity index (χ1n) is 7.18. The molecule has 2 nitrogen and oxygen atoms in total. The molecule has 0 aliphatic heterocycles. The van der Waals surface area contributed by atoms with Crippen LogP contribution in [-0.2, 0) is 0 Å². The minimum absolute atomic E-state index is 0.171. The lowest BCUT2D eigenvalue weighted by molar-refractivity contribution is 0.0458. The molecule has 1 aliphatic rings. The fraction of sp³-hybridized carbons (Fsp3) is 0.625. The predicted octanol–water partition coefficient (Wildman–Crippen LogP) is 4.25. The Kier molecular flexibility index (Phi) is 4.33. The van der Waals surface area contributed by atoms with Gasteiger partial charge in [0.1, 0.15) is 17.7 Å². The van der Waals surface area contributed by atoms with Crippen molar-refractivity contribution < 1.29 is 9.13 Å². The molecule has 1 fully saturated rings. The largest absolute Gasteiger partial charge is 0.490 e. The molecule has 1 aromatic carbocycles. The van der Waals surface area contributed by atoms with Gasteiger partial charge in [-0.3, -0.25) is 0 Å². The second kappa shape index (κ2) is 5.81. The number of hydrogen-bond acceptors (Lipinski definition) is 2. The molecule has 1 saturated carbocycles. The Morgan fingerprint density at radius 1 is 1.26 bits per heavy atom. The number of anilines is 1. The van der Waals surface area contributed by atoms with Crippen molar-refractivity contribution in [3.05, 3.63) is 24.0 Å². The molecule has 0 spiro atoms. The average molecular weight is 265 g/mol. The maximum atomic E-state index is 13.4. The van der Waals surface area contributed by atoms with Crippen molar-refractivity contribution in [3.8, 4) is 5.75 Å². The van der Waals surface area contributed by atoms with E-state index in [0.29, 0.717) is 29.2 Å². The van der Waals surface area contributed by atoms with Gasteiger partial charge in [0, 0.05) is 17.8 Å². The third kappa shape index (κ3) is 3.62. The maximum Gasteiger partial charge on any atom is 0.128 e. The summed E-state index contributed by atoms with van der Waals surface area (Å²) in [5.74, 6) is 2.03. The molecule has 0 aromatic heterocycles. The molecule has 3 atom stereocenters. The summed E-state index contributed by atoms with van der Waals surface area (Å²) < 4.78 is 19.4. The van der Waals surface area contributed by atoms with Crippen molar-refractivity contribution >= 4 is 5.69 Å². The lowest BCUT2D eigenvalue weighted by Gasteiger charge is -2.37. The zero-order valence-corrected chi connectivity index (χ0v) is 12.0. The Hall–Kier alpha value is -1.25. The van der Waals surface area contributed by atoms with Crippen LogP contribution >= 0.6 is 0 Å². The first-order valence-corrected chi connectivity index (χ1v) is 7.18. The minimum atomic E-state index is -0.333. The van der Waals surface area contributed by atoms with Crippen LogP contribution in [0.2, 0.25) is 0 Å². The zero-order chi connectivity index (χ0) is 14.0. The van der Waals surface area contributed by atoms with E-state index in [2.05, 4.69) is 20.8 Å². The van der Waals surface area contributed by atoms with Gasteiger partial charge in [0.2, 0.25) is 0 Å². The van der Waals surface area contributed by atoms with Gasteiger partial charge in [-0.15, -0.1) is 0 Å². The van der Waals surface area contributed by atoms with Crippen molar-refractivity contribution in [2.24, 2.45) is 17.8 Å². The number of halogens is 1. The first-order chi connectivity index (χ1) is 8.95. The molecule has 19 heavy (non-hydrogen) atoms. The van der Waals surface area contributed by atoms with E-state index in [-0.39, 0.29) is 11.9 Å². The molecule has 0 radical (unpaired) electrons. The normalized spacial score (nSPS) is 27.5. The Morgan fingerprint density at radius 3 is 2.63 bits per heavy atom. The predicted molar refractivity (Wildman–Crippen MR) is 76.6 cm³/mol. The van der Waals surface area contributed by atoms with Gasteiger partial charge in [-0.25, -0.2) is 4.39 Å². The van der Waals surface area contributed by atoms with E-state index in [1.807, 2.05) is 0 Å². The minimum Gasteiger partial charge on any atom is -0.490 e. The van der Waals surface area contributed by atoms with Crippen molar-refractivity contribution in [2.75, 3.05) is 5.73 Å². The molecular weight excluding hydrogens is 241 g/mol. The number of nitrogen functional groups attached to an aromatic ring is 1. The van der Waals surface area contributed by atoms with Gasteiger partial charge < -0.3 is 10.5 Å². The lowest BCUT2D eigenvalue weighted by Crippen LogP contribution is -2.36. The van der Waals surface area contributed by atoms with Gasteiger partial charge in [0.05, 0.1) is 0 Å². The Labute approximate surface area is 115 Å². The molecule has 3 heteroatoms. The van der Waals surface area contributed by atoms with Crippen LogP contribution < -0.4 is 10.5 Å². The van der Waals surface area contributed by atoms with Crippen LogP contribution in [0.3, 0.4) is 0 Å². The van der Waals surface area contributed by atoms with Crippen LogP contribution in [-0.4, -0.2) is 6.10 Å². The Morgan fingerprint density at radius 2 is 2.00 bits per heavy atom. The summed E-state index contributed by atoms with van der Waals surface area (Å²) in [7, 11) is 0. The molecular formula is C16H24FNO. The van der Waals surface area contributed by atoms with Gasteiger partial charge in [-0.1, -0.05) is 27.2 Å².